The Morgan fingerprint density at radius 3 is 2.56 bits per heavy atom. The highest BCUT2D eigenvalue weighted by Crippen LogP contribution is 2.43. The molecular weight excluding hydrogens is 346 g/mol. The Bertz CT molecular complexity index is 698. The fourth-order valence-corrected chi connectivity index (χ4v) is 3.76. The third kappa shape index (κ3) is 4.46. The molecule has 1 saturated carbocycles. The molecule has 7 nitrogen and oxygen atoms in total. The molecule has 2 fully saturated rings. The van der Waals surface area contributed by atoms with Crippen molar-refractivity contribution in [2.75, 3.05) is 32.8 Å². The zero-order chi connectivity index (χ0) is 18.6. The molecule has 0 aromatic heterocycles. The van der Waals surface area contributed by atoms with Gasteiger partial charge in [0.2, 0.25) is 5.91 Å². The number of likely N-dealkylation sites (tertiary alicyclic amines) is 1. The van der Waals surface area contributed by atoms with Crippen LogP contribution in [0.25, 0.3) is 0 Å². The SMILES string of the molecule is O=C(NCC(=O)N1CCCCC1)N[C@H](c1ccc2c(c1)OCCO2)C1CC1. The number of urea groups is 1. The van der Waals surface area contributed by atoms with Gasteiger partial charge in [-0.25, -0.2) is 4.79 Å². The number of hydrogen-bond donors (Lipinski definition) is 2. The predicted molar refractivity (Wildman–Crippen MR) is 99.9 cm³/mol. The van der Waals surface area contributed by atoms with Crippen LogP contribution in [0.4, 0.5) is 4.79 Å². The number of nitrogens with zero attached hydrogens (tertiary/aromatic N) is 1. The van der Waals surface area contributed by atoms with Crippen LogP contribution in [0.2, 0.25) is 0 Å². The van der Waals surface area contributed by atoms with Crippen molar-refractivity contribution in [1.29, 1.82) is 0 Å². The van der Waals surface area contributed by atoms with Gasteiger partial charge in [-0.1, -0.05) is 6.07 Å². The van der Waals surface area contributed by atoms with Gasteiger partial charge >= 0.3 is 6.03 Å². The Hall–Kier alpha value is -2.44. The van der Waals surface area contributed by atoms with E-state index in [-0.39, 0.29) is 24.5 Å². The van der Waals surface area contributed by atoms with Gasteiger partial charge in [0.25, 0.3) is 0 Å². The number of benzene rings is 1. The molecule has 0 spiro atoms. The number of fused-ring (bicyclic) bond motifs is 1. The maximum atomic E-state index is 12.4. The van der Waals surface area contributed by atoms with Gasteiger partial charge in [0, 0.05) is 13.1 Å². The van der Waals surface area contributed by atoms with Crippen LogP contribution in [0.3, 0.4) is 0 Å². The van der Waals surface area contributed by atoms with Crippen molar-refractivity contribution < 1.29 is 19.1 Å². The second-order valence-electron chi connectivity index (χ2n) is 7.49. The monoisotopic (exact) mass is 373 g/mol. The van der Waals surface area contributed by atoms with Crippen molar-refractivity contribution in [3.05, 3.63) is 23.8 Å². The Labute approximate surface area is 159 Å². The summed E-state index contributed by atoms with van der Waals surface area (Å²) in [6, 6.07) is 5.46. The van der Waals surface area contributed by atoms with Gasteiger partial charge in [-0.15, -0.1) is 0 Å². The van der Waals surface area contributed by atoms with Gasteiger partial charge in [0.1, 0.15) is 13.2 Å². The van der Waals surface area contributed by atoms with E-state index >= 15 is 0 Å². The van der Waals surface area contributed by atoms with Crippen molar-refractivity contribution in [3.8, 4) is 11.5 Å². The van der Waals surface area contributed by atoms with Crippen LogP contribution in [-0.4, -0.2) is 49.7 Å². The van der Waals surface area contributed by atoms with E-state index in [1.165, 1.54) is 6.42 Å². The first-order valence-electron chi connectivity index (χ1n) is 9.92. The van der Waals surface area contributed by atoms with Crippen LogP contribution in [0.15, 0.2) is 18.2 Å². The molecule has 1 saturated heterocycles. The first kappa shape index (κ1) is 17.9. The van der Waals surface area contributed by atoms with Crippen LogP contribution < -0.4 is 20.1 Å². The standard InChI is InChI=1S/C20H27N3O4/c24-18(23-8-2-1-3-9-23)13-21-20(25)22-19(14-4-5-14)15-6-7-16-17(12-15)27-11-10-26-16/h6-7,12,14,19H,1-5,8-11,13H2,(H2,21,22,25)/t19-/m0/s1. The molecule has 1 atom stereocenters. The molecular formula is C20H27N3O4. The fraction of sp³-hybridized carbons (Fsp3) is 0.600. The Kier molecular flexibility index (Phi) is 5.36. The molecule has 1 aromatic rings. The lowest BCUT2D eigenvalue weighted by atomic mass is 10.0. The Morgan fingerprint density at radius 2 is 1.81 bits per heavy atom. The molecule has 2 heterocycles. The normalized spacial score (nSPS) is 19.9. The zero-order valence-electron chi connectivity index (χ0n) is 15.5. The summed E-state index contributed by atoms with van der Waals surface area (Å²) in [7, 11) is 0. The molecule has 146 valence electrons. The maximum absolute atomic E-state index is 12.4. The summed E-state index contributed by atoms with van der Waals surface area (Å²) >= 11 is 0. The maximum Gasteiger partial charge on any atom is 0.315 e. The molecule has 0 radical (unpaired) electrons. The Balaban J connectivity index is 1.34. The first-order chi connectivity index (χ1) is 13.2. The van der Waals surface area contributed by atoms with E-state index in [2.05, 4.69) is 10.6 Å². The summed E-state index contributed by atoms with van der Waals surface area (Å²) in [6.45, 7) is 2.74. The minimum absolute atomic E-state index is 0.00727. The largest absolute Gasteiger partial charge is 0.486 e. The lowest BCUT2D eigenvalue weighted by Crippen LogP contribution is -2.46. The molecule has 27 heavy (non-hydrogen) atoms. The number of carbonyl (C=O) groups excluding carboxylic acids is 2. The average Bonchev–Trinajstić information content (AvgIpc) is 3.55. The fourth-order valence-electron chi connectivity index (χ4n) is 3.76. The van der Waals surface area contributed by atoms with Gasteiger partial charge in [0.15, 0.2) is 11.5 Å². The van der Waals surface area contributed by atoms with E-state index in [9.17, 15) is 9.59 Å². The molecule has 0 unspecified atom stereocenters. The highest BCUT2D eigenvalue weighted by molar-refractivity contribution is 5.84. The molecule has 0 bridgehead atoms. The van der Waals surface area contributed by atoms with Crippen molar-refractivity contribution >= 4 is 11.9 Å². The summed E-state index contributed by atoms with van der Waals surface area (Å²) in [6.07, 6.45) is 5.45. The van der Waals surface area contributed by atoms with Crippen LogP contribution in [0.1, 0.15) is 43.7 Å². The van der Waals surface area contributed by atoms with Gasteiger partial charge in [-0.05, 0) is 55.7 Å². The number of nitrogens with one attached hydrogen (secondary N) is 2. The van der Waals surface area contributed by atoms with E-state index in [1.54, 1.807) is 0 Å². The van der Waals surface area contributed by atoms with Crippen molar-refractivity contribution in [1.82, 2.24) is 15.5 Å². The van der Waals surface area contributed by atoms with Crippen LogP contribution in [0, 0.1) is 5.92 Å². The molecule has 2 aliphatic heterocycles. The molecule has 3 amide bonds. The first-order valence-corrected chi connectivity index (χ1v) is 9.92. The Morgan fingerprint density at radius 1 is 1.07 bits per heavy atom. The third-order valence-electron chi connectivity index (χ3n) is 5.41. The molecule has 7 heteroatoms. The summed E-state index contributed by atoms with van der Waals surface area (Å²) < 4.78 is 11.2. The molecule has 4 rings (SSSR count). The highest BCUT2D eigenvalue weighted by Gasteiger charge is 2.34. The smallest absolute Gasteiger partial charge is 0.315 e. The second kappa shape index (κ2) is 8.06. The van der Waals surface area contributed by atoms with E-state index in [0.717, 1.165) is 55.8 Å². The summed E-state index contributed by atoms with van der Waals surface area (Å²) in [5.41, 5.74) is 1.01. The van der Waals surface area contributed by atoms with Crippen molar-refractivity contribution in [2.24, 2.45) is 5.92 Å². The van der Waals surface area contributed by atoms with E-state index < -0.39 is 0 Å². The van der Waals surface area contributed by atoms with Crippen molar-refractivity contribution in [2.45, 2.75) is 38.1 Å². The second-order valence-corrected chi connectivity index (χ2v) is 7.49. The minimum atomic E-state index is -0.299. The van der Waals surface area contributed by atoms with Crippen molar-refractivity contribution in [3.63, 3.8) is 0 Å². The van der Waals surface area contributed by atoms with E-state index in [4.69, 9.17) is 9.47 Å². The third-order valence-corrected chi connectivity index (χ3v) is 5.41. The topological polar surface area (TPSA) is 79.9 Å². The number of amides is 3. The number of rotatable bonds is 5. The summed E-state index contributed by atoms with van der Waals surface area (Å²) in [5.74, 6) is 1.89. The number of piperidine rings is 1. The molecule has 3 aliphatic rings. The van der Waals surface area contributed by atoms with Crippen LogP contribution in [0.5, 0.6) is 11.5 Å². The lowest BCUT2D eigenvalue weighted by Gasteiger charge is -2.27. The van der Waals surface area contributed by atoms with E-state index in [1.807, 2.05) is 23.1 Å². The predicted octanol–water partition coefficient (Wildman–Crippen LogP) is 2.22. The van der Waals surface area contributed by atoms with Gasteiger partial charge < -0.3 is 25.0 Å². The average molecular weight is 373 g/mol. The highest BCUT2D eigenvalue weighted by atomic mass is 16.6. The summed E-state index contributed by atoms with van der Waals surface area (Å²) in [4.78, 5) is 26.4. The molecule has 2 N–H and O–H groups in total. The van der Waals surface area contributed by atoms with Gasteiger partial charge in [0.05, 0.1) is 12.6 Å². The lowest BCUT2D eigenvalue weighted by molar-refractivity contribution is -0.130. The minimum Gasteiger partial charge on any atom is -0.486 e. The van der Waals surface area contributed by atoms with Gasteiger partial charge in [-0.2, -0.15) is 0 Å². The summed E-state index contributed by atoms with van der Waals surface area (Å²) in [5, 5.41) is 5.77. The number of ether oxygens (including phenoxy) is 2. The zero-order valence-corrected chi connectivity index (χ0v) is 15.5. The van der Waals surface area contributed by atoms with E-state index in [0.29, 0.717) is 19.1 Å². The molecule has 1 aromatic carbocycles. The number of hydrogen-bond acceptors (Lipinski definition) is 4. The quantitative estimate of drug-likeness (QED) is 0.829. The van der Waals surface area contributed by atoms with Crippen LogP contribution >= 0.6 is 0 Å². The number of carbonyl (C=O) groups is 2. The molecule has 1 aliphatic carbocycles. The van der Waals surface area contributed by atoms with Gasteiger partial charge in [-0.3, -0.25) is 4.79 Å². The van der Waals surface area contributed by atoms with Crippen LogP contribution in [-0.2, 0) is 4.79 Å².